The molecular weight excluding hydrogens is 249 g/mol. The Kier molecular flexibility index (Phi) is 2.96. The van der Waals surface area contributed by atoms with Crippen LogP contribution in [-0.4, -0.2) is 16.0 Å². The second-order valence-electron chi connectivity index (χ2n) is 4.35. The molecule has 0 unspecified atom stereocenters. The number of ketones is 1. The molecule has 1 aromatic rings. The molecule has 0 radical (unpaired) electrons. The Balaban J connectivity index is 2.47. The van der Waals surface area contributed by atoms with Crippen LogP contribution in [0.5, 0.6) is 11.5 Å². The topological polar surface area (TPSA) is 57.5 Å². The second-order valence-corrected chi connectivity index (χ2v) is 4.35. The van der Waals surface area contributed by atoms with Gasteiger partial charge in [-0.25, -0.2) is 0 Å². The van der Waals surface area contributed by atoms with Gasteiger partial charge >= 0.3 is 6.18 Å². The Morgan fingerprint density at radius 2 is 1.83 bits per heavy atom. The summed E-state index contributed by atoms with van der Waals surface area (Å²) in [5, 5.41) is 18.7. The van der Waals surface area contributed by atoms with E-state index in [1.165, 1.54) is 0 Å². The molecule has 18 heavy (non-hydrogen) atoms. The first-order chi connectivity index (χ1) is 8.32. The number of Topliss-reactive ketones (excluding diaryl/α,β-unsaturated/α-hetero) is 1. The maximum Gasteiger partial charge on any atom is 0.423 e. The lowest BCUT2D eigenvalue weighted by atomic mass is 9.79. The van der Waals surface area contributed by atoms with Crippen molar-refractivity contribution in [3.63, 3.8) is 0 Å². The first-order valence-corrected chi connectivity index (χ1v) is 5.48. The number of carbonyl (C=O) groups is 1. The highest BCUT2D eigenvalue weighted by Crippen LogP contribution is 2.44. The molecule has 0 aliphatic heterocycles. The van der Waals surface area contributed by atoms with Gasteiger partial charge in [0.1, 0.15) is 17.1 Å². The van der Waals surface area contributed by atoms with Gasteiger partial charge in [0.2, 0.25) is 0 Å². The predicted octanol–water partition coefficient (Wildman–Crippen LogP) is 3.10. The summed E-state index contributed by atoms with van der Waals surface area (Å²) in [6.45, 7) is 0. The monoisotopic (exact) mass is 260 g/mol. The summed E-state index contributed by atoms with van der Waals surface area (Å²) >= 11 is 0. The van der Waals surface area contributed by atoms with Gasteiger partial charge in [0.25, 0.3) is 0 Å². The number of phenols is 2. The number of phenolic OH excluding ortho intramolecular Hbond substituents is 2. The summed E-state index contributed by atoms with van der Waals surface area (Å²) in [5.41, 5.74) is -1.92. The smallest absolute Gasteiger partial charge is 0.423 e. The van der Waals surface area contributed by atoms with Crippen molar-refractivity contribution in [1.29, 1.82) is 0 Å². The van der Waals surface area contributed by atoms with Gasteiger partial charge in [-0.3, -0.25) is 4.79 Å². The number of hydrogen-bond acceptors (Lipinski definition) is 3. The minimum atomic E-state index is -4.90. The summed E-state index contributed by atoms with van der Waals surface area (Å²) in [6.07, 6.45) is -2.79. The third-order valence-corrected chi connectivity index (χ3v) is 3.18. The molecule has 0 atom stereocenters. The molecule has 6 heteroatoms. The third kappa shape index (κ3) is 2.02. The standard InChI is InChI=1S/C12H11F3O3/c13-12(14,15)9-8(16)5-4-7(11(9)18)10(17)6-2-1-3-6/h4-6,16,18H,1-3H2. The van der Waals surface area contributed by atoms with Crippen molar-refractivity contribution in [1.82, 2.24) is 0 Å². The van der Waals surface area contributed by atoms with Crippen LogP contribution in [0.3, 0.4) is 0 Å². The molecule has 1 aromatic carbocycles. The van der Waals surface area contributed by atoms with Gasteiger partial charge in [-0.15, -0.1) is 0 Å². The molecule has 2 N–H and O–H groups in total. The van der Waals surface area contributed by atoms with E-state index in [9.17, 15) is 23.1 Å². The predicted molar refractivity (Wildman–Crippen MR) is 56.4 cm³/mol. The molecular formula is C12H11F3O3. The Morgan fingerprint density at radius 1 is 1.22 bits per heavy atom. The molecule has 1 aliphatic rings. The van der Waals surface area contributed by atoms with Crippen LogP contribution in [0.25, 0.3) is 0 Å². The third-order valence-electron chi connectivity index (χ3n) is 3.18. The number of carbonyl (C=O) groups excluding carboxylic acids is 1. The summed E-state index contributed by atoms with van der Waals surface area (Å²) < 4.78 is 37.9. The lowest BCUT2D eigenvalue weighted by molar-refractivity contribution is -0.140. The molecule has 98 valence electrons. The Bertz CT molecular complexity index is 490. The summed E-state index contributed by atoms with van der Waals surface area (Å²) in [6, 6.07) is 1.81. The highest BCUT2D eigenvalue weighted by molar-refractivity contribution is 6.01. The number of alkyl halides is 3. The largest absolute Gasteiger partial charge is 0.507 e. The Hall–Kier alpha value is -1.72. The number of rotatable bonds is 2. The van der Waals surface area contributed by atoms with E-state index in [-0.39, 0.29) is 11.5 Å². The maximum absolute atomic E-state index is 12.6. The van der Waals surface area contributed by atoms with Crippen LogP contribution in [-0.2, 0) is 6.18 Å². The van der Waals surface area contributed by atoms with E-state index >= 15 is 0 Å². The Labute approximate surface area is 101 Å². The summed E-state index contributed by atoms with van der Waals surface area (Å²) in [5.74, 6) is -3.07. The first-order valence-electron chi connectivity index (χ1n) is 5.48. The van der Waals surface area contributed by atoms with Crippen LogP contribution >= 0.6 is 0 Å². The van der Waals surface area contributed by atoms with Crippen molar-refractivity contribution < 1.29 is 28.2 Å². The van der Waals surface area contributed by atoms with E-state index in [0.29, 0.717) is 12.8 Å². The average Bonchev–Trinajstić information content (AvgIpc) is 2.11. The van der Waals surface area contributed by atoms with Crippen LogP contribution in [0, 0.1) is 5.92 Å². The maximum atomic E-state index is 12.6. The zero-order valence-electron chi connectivity index (χ0n) is 9.29. The van der Waals surface area contributed by atoms with Crippen LogP contribution in [0.2, 0.25) is 0 Å². The van der Waals surface area contributed by atoms with E-state index < -0.39 is 29.0 Å². The van der Waals surface area contributed by atoms with Crippen LogP contribution in [0.1, 0.15) is 35.2 Å². The van der Waals surface area contributed by atoms with Gasteiger partial charge in [0, 0.05) is 5.92 Å². The molecule has 1 aliphatic carbocycles. The zero-order chi connectivity index (χ0) is 13.5. The lowest BCUT2D eigenvalue weighted by Crippen LogP contribution is -2.22. The quantitative estimate of drug-likeness (QED) is 0.803. The van der Waals surface area contributed by atoms with Crippen molar-refractivity contribution >= 4 is 5.78 Å². The van der Waals surface area contributed by atoms with E-state index in [1.54, 1.807) is 0 Å². The van der Waals surface area contributed by atoms with E-state index in [4.69, 9.17) is 5.11 Å². The fourth-order valence-corrected chi connectivity index (χ4v) is 1.95. The van der Waals surface area contributed by atoms with E-state index in [0.717, 1.165) is 18.6 Å². The van der Waals surface area contributed by atoms with Crippen LogP contribution < -0.4 is 0 Å². The highest BCUT2D eigenvalue weighted by atomic mass is 19.4. The average molecular weight is 260 g/mol. The van der Waals surface area contributed by atoms with Crippen molar-refractivity contribution in [3.8, 4) is 11.5 Å². The van der Waals surface area contributed by atoms with Crippen LogP contribution in [0.4, 0.5) is 13.2 Å². The van der Waals surface area contributed by atoms with Crippen LogP contribution in [0.15, 0.2) is 12.1 Å². The normalized spacial score (nSPS) is 16.4. The molecule has 1 fully saturated rings. The van der Waals surface area contributed by atoms with Gasteiger partial charge in [-0.1, -0.05) is 6.42 Å². The van der Waals surface area contributed by atoms with Crippen molar-refractivity contribution in [3.05, 3.63) is 23.3 Å². The minimum Gasteiger partial charge on any atom is -0.507 e. The number of aromatic hydroxyl groups is 2. The molecule has 3 nitrogen and oxygen atoms in total. The molecule has 2 rings (SSSR count). The lowest BCUT2D eigenvalue weighted by Gasteiger charge is -2.24. The van der Waals surface area contributed by atoms with Gasteiger partial charge < -0.3 is 10.2 Å². The van der Waals surface area contributed by atoms with Gasteiger partial charge in [0.05, 0.1) is 5.56 Å². The highest BCUT2D eigenvalue weighted by Gasteiger charge is 2.40. The molecule has 0 amide bonds. The van der Waals surface area contributed by atoms with Gasteiger partial charge in [0.15, 0.2) is 5.78 Å². The number of hydrogen-bond donors (Lipinski definition) is 2. The molecule has 0 aromatic heterocycles. The molecule has 0 saturated heterocycles. The number of benzene rings is 1. The Morgan fingerprint density at radius 3 is 2.28 bits per heavy atom. The minimum absolute atomic E-state index is 0.318. The molecule has 0 heterocycles. The van der Waals surface area contributed by atoms with E-state index in [2.05, 4.69) is 0 Å². The first kappa shape index (κ1) is 12.7. The van der Waals surface area contributed by atoms with Crippen molar-refractivity contribution in [2.75, 3.05) is 0 Å². The van der Waals surface area contributed by atoms with Gasteiger partial charge in [-0.05, 0) is 25.0 Å². The second kappa shape index (κ2) is 4.19. The van der Waals surface area contributed by atoms with E-state index in [1.807, 2.05) is 0 Å². The van der Waals surface area contributed by atoms with Crippen molar-refractivity contribution in [2.45, 2.75) is 25.4 Å². The number of halogens is 3. The van der Waals surface area contributed by atoms with Gasteiger partial charge in [-0.2, -0.15) is 13.2 Å². The molecule has 0 bridgehead atoms. The SMILES string of the molecule is O=C(c1ccc(O)c(C(F)(F)F)c1O)C1CCC1. The van der Waals surface area contributed by atoms with Crippen molar-refractivity contribution in [2.24, 2.45) is 5.92 Å². The fourth-order valence-electron chi connectivity index (χ4n) is 1.95. The zero-order valence-corrected chi connectivity index (χ0v) is 9.29. The summed E-state index contributed by atoms with van der Waals surface area (Å²) in [4.78, 5) is 11.8. The summed E-state index contributed by atoms with van der Waals surface area (Å²) in [7, 11) is 0. The molecule has 1 saturated carbocycles. The molecule has 0 spiro atoms. The fraction of sp³-hybridized carbons (Fsp3) is 0.417.